The van der Waals surface area contributed by atoms with E-state index in [1.165, 1.54) is 12.8 Å². The Kier molecular flexibility index (Phi) is 4.36. The van der Waals surface area contributed by atoms with E-state index in [-0.39, 0.29) is 0 Å². The molecule has 88 valence electrons. The first-order valence-corrected chi connectivity index (χ1v) is 6.43. The SMILES string of the molecule is CC(C)CCC(=O)C1CCCC(C)(C)C1. The molecule has 0 aromatic carbocycles. The molecule has 0 radical (unpaired) electrons. The van der Waals surface area contributed by atoms with Crippen LogP contribution in [0.15, 0.2) is 0 Å². The summed E-state index contributed by atoms with van der Waals surface area (Å²) in [5, 5.41) is 0. The quantitative estimate of drug-likeness (QED) is 0.679. The average molecular weight is 210 g/mol. The van der Waals surface area contributed by atoms with E-state index in [4.69, 9.17) is 0 Å². The topological polar surface area (TPSA) is 17.1 Å². The van der Waals surface area contributed by atoms with Gasteiger partial charge in [0.25, 0.3) is 0 Å². The normalized spacial score (nSPS) is 25.5. The van der Waals surface area contributed by atoms with Crippen LogP contribution in [0.25, 0.3) is 0 Å². The molecule has 1 saturated carbocycles. The number of rotatable bonds is 4. The molecule has 1 atom stereocenters. The van der Waals surface area contributed by atoms with Gasteiger partial charge in [-0.15, -0.1) is 0 Å². The van der Waals surface area contributed by atoms with Crippen LogP contribution in [-0.2, 0) is 4.79 Å². The van der Waals surface area contributed by atoms with Crippen LogP contribution in [0, 0.1) is 17.3 Å². The first-order chi connectivity index (χ1) is 6.91. The second kappa shape index (κ2) is 5.14. The van der Waals surface area contributed by atoms with Crippen molar-refractivity contribution < 1.29 is 4.79 Å². The molecule has 1 fully saturated rings. The van der Waals surface area contributed by atoms with Gasteiger partial charge >= 0.3 is 0 Å². The van der Waals surface area contributed by atoms with Crippen LogP contribution in [0.3, 0.4) is 0 Å². The van der Waals surface area contributed by atoms with Gasteiger partial charge in [-0.05, 0) is 37.0 Å². The monoisotopic (exact) mass is 210 g/mol. The van der Waals surface area contributed by atoms with Crippen molar-refractivity contribution in [3.8, 4) is 0 Å². The Morgan fingerprint density at radius 1 is 1.40 bits per heavy atom. The Labute approximate surface area is 94.6 Å². The minimum Gasteiger partial charge on any atom is -0.299 e. The Morgan fingerprint density at radius 2 is 2.07 bits per heavy atom. The van der Waals surface area contributed by atoms with Crippen LogP contribution in [0.5, 0.6) is 0 Å². The van der Waals surface area contributed by atoms with Crippen molar-refractivity contribution in [2.75, 3.05) is 0 Å². The van der Waals surface area contributed by atoms with Crippen molar-refractivity contribution in [1.82, 2.24) is 0 Å². The highest BCUT2D eigenvalue weighted by Crippen LogP contribution is 2.39. The number of Topliss-reactive ketones (excluding diaryl/α,β-unsaturated/α-hetero) is 1. The Bertz CT molecular complexity index is 215. The molecule has 0 N–H and O–H groups in total. The second-order valence-electron chi connectivity index (χ2n) is 6.36. The summed E-state index contributed by atoms with van der Waals surface area (Å²) >= 11 is 0. The minimum absolute atomic E-state index is 0.368. The predicted molar refractivity (Wildman–Crippen MR) is 64.8 cm³/mol. The smallest absolute Gasteiger partial charge is 0.136 e. The first kappa shape index (κ1) is 12.7. The van der Waals surface area contributed by atoms with E-state index in [0.29, 0.717) is 23.0 Å². The molecule has 1 aliphatic carbocycles. The number of hydrogen-bond donors (Lipinski definition) is 0. The van der Waals surface area contributed by atoms with Gasteiger partial charge in [-0.2, -0.15) is 0 Å². The predicted octanol–water partition coefficient (Wildman–Crippen LogP) is 4.21. The van der Waals surface area contributed by atoms with Crippen LogP contribution in [-0.4, -0.2) is 5.78 Å². The lowest BCUT2D eigenvalue weighted by molar-refractivity contribution is -0.125. The standard InChI is InChI=1S/C14H26O/c1-11(2)7-8-13(15)12-6-5-9-14(3,4)10-12/h11-12H,5-10H2,1-4H3. The van der Waals surface area contributed by atoms with E-state index in [9.17, 15) is 4.79 Å². The van der Waals surface area contributed by atoms with E-state index in [1.807, 2.05) is 0 Å². The van der Waals surface area contributed by atoms with Crippen LogP contribution in [0.2, 0.25) is 0 Å². The average Bonchev–Trinajstić information content (AvgIpc) is 2.12. The Hall–Kier alpha value is -0.330. The molecule has 0 bridgehead atoms. The summed E-state index contributed by atoms with van der Waals surface area (Å²) in [6, 6.07) is 0. The lowest BCUT2D eigenvalue weighted by Gasteiger charge is -2.34. The van der Waals surface area contributed by atoms with Gasteiger partial charge in [0.2, 0.25) is 0 Å². The fraction of sp³-hybridized carbons (Fsp3) is 0.929. The summed E-state index contributed by atoms with van der Waals surface area (Å²) in [7, 11) is 0. The highest BCUT2D eigenvalue weighted by Gasteiger charge is 2.31. The molecule has 1 unspecified atom stereocenters. The van der Waals surface area contributed by atoms with Crippen LogP contribution in [0.1, 0.15) is 66.2 Å². The van der Waals surface area contributed by atoms with E-state index in [0.717, 1.165) is 25.7 Å². The molecule has 15 heavy (non-hydrogen) atoms. The number of ketones is 1. The summed E-state index contributed by atoms with van der Waals surface area (Å²) in [5.74, 6) is 1.55. The Balaban J connectivity index is 2.39. The molecule has 1 rings (SSSR count). The van der Waals surface area contributed by atoms with Gasteiger partial charge in [0.05, 0.1) is 0 Å². The maximum Gasteiger partial charge on any atom is 0.136 e. The third kappa shape index (κ3) is 4.36. The van der Waals surface area contributed by atoms with Crippen LogP contribution < -0.4 is 0 Å². The molecular weight excluding hydrogens is 184 g/mol. The largest absolute Gasteiger partial charge is 0.299 e. The van der Waals surface area contributed by atoms with Crippen LogP contribution >= 0.6 is 0 Å². The van der Waals surface area contributed by atoms with Crippen molar-refractivity contribution in [1.29, 1.82) is 0 Å². The molecule has 0 aliphatic heterocycles. The van der Waals surface area contributed by atoms with Gasteiger partial charge in [-0.1, -0.05) is 34.1 Å². The van der Waals surface area contributed by atoms with Gasteiger partial charge in [0.1, 0.15) is 5.78 Å². The van der Waals surface area contributed by atoms with Gasteiger partial charge in [-0.25, -0.2) is 0 Å². The van der Waals surface area contributed by atoms with E-state index in [2.05, 4.69) is 27.7 Å². The highest BCUT2D eigenvalue weighted by molar-refractivity contribution is 5.81. The van der Waals surface area contributed by atoms with Gasteiger partial charge in [0.15, 0.2) is 0 Å². The molecule has 1 aliphatic rings. The molecule has 0 amide bonds. The lowest BCUT2D eigenvalue weighted by Crippen LogP contribution is -2.28. The number of hydrogen-bond acceptors (Lipinski definition) is 1. The van der Waals surface area contributed by atoms with E-state index < -0.39 is 0 Å². The molecule has 0 spiro atoms. The fourth-order valence-corrected chi connectivity index (χ4v) is 2.61. The van der Waals surface area contributed by atoms with E-state index >= 15 is 0 Å². The molecule has 0 heterocycles. The fourth-order valence-electron chi connectivity index (χ4n) is 2.61. The van der Waals surface area contributed by atoms with Crippen LogP contribution in [0.4, 0.5) is 0 Å². The third-order valence-electron chi connectivity index (χ3n) is 3.63. The summed E-state index contributed by atoms with van der Waals surface area (Å²) in [5.41, 5.74) is 0.399. The second-order valence-corrected chi connectivity index (χ2v) is 6.36. The molecular formula is C14H26O. The number of carbonyl (C=O) groups is 1. The zero-order valence-electron chi connectivity index (χ0n) is 10.8. The molecule has 1 nitrogen and oxygen atoms in total. The summed E-state index contributed by atoms with van der Waals surface area (Å²) in [6.45, 7) is 8.99. The first-order valence-electron chi connectivity index (χ1n) is 6.43. The Morgan fingerprint density at radius 3 is 2.60 bits per heavy atom. The maximum absolute atomic E-state index is 12.0. The van der Waals surface area contributed by atoms with Gasteiger partial charge < -0.3 is 0 Å². The van der Waals surface area contributed by atoms with Crippen molar-refractivity contribution in [2.24, 2.45) is 17.3 Å². The van der Waals surface area contributed by atoms with Crippen molar-refractivity contribution in [2.45, 2.75) is 66.2 Å². The maximum atomic E-state index is 12.0. The third-order valence-corrected chi connectivity index (χ3v) is 3.63. The summed E-state index contributed by atoms with van der Waals surface area (Å²) < 4.78 is 0. The molecule has 0 aromatic rings. The molecule has 0 saturated heterocycles. The number of carbonyl (C=O) groups excluding carboxylic acids is 1. The molecule has 0 aromatic heterocycles. The van der Waals surface area contributed by atoms with Crippen molar-refractivity contribution >= 4 is 5.78 Å². The molecule has 1 heteroatoms. The van der Waals surface area contributed by atoms with E-state index in [1.54, 1.807) is 0 Å². The lowest BCUT2D eigenvalue weighted by atomic mass is 9.70. The highest BCUT2D eigenvalue weighted by atomic mass is 16.1. The zero-order valence-corrected chi connectivity index (χ0v) is 10.8. The van der Waals surface area contributed by atoms with Crippen molar-refractivity contribution in [3.63, 3.8) is 0 Å². The van der Waals surface area contributed by atoms with Crippen molar-refractivity contribution in [3.05, 3.63) is 0 Å². The van der Waals surface area contributed by atoms with Gasteiger partial charge in [0, 0.05) is 12.3 Å². The summed E-state index contributed by atoms with van der Waals surface area (Å²) in [4.78, 5) is 12.0. The van der Waals surface area contributed by atoms with Gasteiger partial charge in [-0.3, -0.25) is 4.79 Å². The summed E-state index contributed by atoms with van der Waals surface area (Å²) in [6.07, 6.45) is 6.66. The zero-order chi connectivity index (χ0) is 11.5. The minimum atomic E-state index is 0.368.